The highest BCUT2D eigenvalue weighted by molar-refractivity contribution is 5.80. The standard InChI is InChI=1S/C23H27FN4O2/c1-17-5-4-6-20-22(17)25-16-28(23(20)30)12-11-21(29)27(14-13-26(2)3)15-18-7-9-19(24)10-8-18/h4-10,16H,11-15H2,1-3H3. The number of halogens is 1. The number of para-hydroxylation sites is 1. The summed E-state index contributed by atoms with van der Waals surface area (Å²) in [6.07, 6.45) is 1.70. The van der Waals surface area contributed by atoms with Gasteiger partial charge in [0.25, 0.3) is 5.56 Å². The van der Waals surface area contributed by atoms with Crippen LogP contribution in [0.5, 0.6) is 0 Å². The molecule has 30 heavy (non-hydrogen) atoms. The molecular weight excluding hydrogens is 383 g/mol. The van der Waals surface area contributed by atoms with Gasteiger partial charge in [-0.15, -0.1) is 0 Å². The molecule has 0 fully saturated rings. The lowest BCUT2D eigenvalue weighted by Crippen LogP contribution is -2.37. The molecule has 0 aliphatic heterocycles. The first-order valence-electron chi connectivity index (χ1n) is 9.97. The van der Waals surface area contributed by atoms with Crippen LogP contribution in [0, 0.1) is 12.7 Å². The molecule has 0 radical (unpaired) electrons. The molecule has 0 N–H and O–H groups in total. The van der Waals surface area contributed by atoms with E-state index in [0.717, 1.165) is 11.1 Å². The minimum Gasteiger partial charge on any atom is -0.337 e. The summed E-state index contributed by atoms with van der Waals surface area (Å²) in [6, 6.07) is 11.7. The highest BCUT2D eigenvalue weighted by atomic mass is 19.1. The number of fused-ring (bicyclic) bond motifs is 1. The Kier molecular flexibility index (Phi) is 6.95. The minimum absolute atomic E-state index is 0.0579. The Morgan fingerprint density at radius 3 is 2.53 bits per heavy atom. The molecule has 0 aliphatic carbocycles. The molecule has 1 aromatic heterocycles. The zero-order valence-electron chi connectivity index (χ0n) is 17.6. The Morgan fingerprint density at radius 1 is 1.10 bits per heavy atom. The van der Waals surface area contributed by atoms with Crippen LogP contribution in [0.2, 0.25) is 0 Å². The summed E-state index contributed by atoms with van der Waals surface area (Å²) in [5, 5.41) is 0.556. The van der Waals surface area contributed by atoms with Gasteiger partial charge in [0.1, 0.15) is 5.82 Å². The molecule has 0 saturated heterocycles. The zero-order valence-corrected chi connectivity index (χ0v) is 17.6. The second-order valence-electron chi connectivity index (χ2n) is 7.71. The topological polar surface area (TPSA) is 58.4 Å². The normalized spacial score (nSPS) is 11.2. The van der Waals surface area contributed by atoms with Crippen LogP contribution >= 0.6 is 0 Å². The predicted molar refractivity (Wildman–Crippen MR) is 116 cm³/mol. The molecule has 0 saturated carbocycles. The van der Waals surface area contributed by atoms with Crippen molar-refractivity contribution in [3.8, 4) is 0 Å². The maximum Gasteiger partial charge on any atom is 0.261 e. The van der Waals surface area contributed by atoms with Gasteiger partial charge < -0.3 is 9.80 Å². The lowest BCUT2D eigenvalue weighted by molar-refractivity contribution is -0.132. The second-order valence-corrected chi connectivity index (χ2v) is 7.71. The predicted octanol–water partition coefficient (Wildman–Crippen LogP) is 2.82. The highest BCUT2D eigenvalue weighted by Gasteiger charge is 2.15. The number of aryl methyl sites for hydroxylation is 2. The van der Waals surface area contributed by atoms with E-state index in [1.54, 1.807) is 23.1 Å². The molecule has 0 unspecified atom stereocenters. The zero-order chi connectivity index (χ0) is 21.7. The molecule has 3 rings (SSSR count). The van der Waals surface area contributed by atoms with Crippen LogP contribution in [-0.4, -0.2) is 52.4 Å². The van der Waals surface area contributed by atoms with Gasteiger partial charge in [0.15, 0.2) is 0 Å². The summed E-state index contributed by atoms with van der Waals surface area (Å²) in [4.78, 5) is 33.8. The van der Waals surface area contributed by atoms with Crippen LogP contribution in [0.3, 0.4) is 0 Å². The van der Waals surface area contributed by atoms with E-state index in [0.29, 0.717) is 30.5 Å². The van der Waals surface area contributed by atoms with Crippen molar-refractivity contribution in [2.45, 2.75) is 26.4 Å². The number of benzene rings is 2. The van der Waals surface area contributed by atoms with Crippen molar-refractivity contribution < 1.29 is 9.18 Å². The number of amides is 1. The largest absolute Gasteiger partial charge is 0.337 e. The maximum absolute atomic E-state index is 13.2. The van der Waals surface area contributed by atoms with Crippen molar-refractivity contribution in [1.29, 1.82) is 0 Å². The molecular formula is C23H27FN4O2. The van der Waals surface area contributed by atoms with Crippen molar-refractivity contribution in [2.24, 2.45) is 0 Å². The number of aromatic nitrogens is 2. The van der Waals surface area contributed by atoms with Gasteiger partial charge in [-0.25, -0.2) is 9.37 Å². The van der Waals surface area contributed by atoms with Crippen molar-refractivity contribution in [3.63, 3.8) is 0 Å². The fourth-order valence-electron chi connectivity index (χ4n) is 3.29. The van der Waals surface area contributed by atoms with Crippen molar-refractivity contribution >= 4 is 16.8 Å². The van der Waals surface area contributed by atoms with Crippen LogP contribution < -0.4 is 5.56 Å². The first-order valence-corrected chi connectivity index (χ1v) is 9.97. The molecule has 2 aromatic carbocycles. The monoisotopic (exact) mass is 410 g/mol. The third-order valence-corrected chi connectivity index (χ3v) is 5.08. The van der Waals surface area contributed by atoms with Crippen LogP contribution in [0.25, 0.3) is 10.9 Å². The number of hydrogen-bond acceptors (Lipinski definition) is 4. The van der Waals surface area contributed by atoms with Crippen LogP contribution in [0.1, 0.15) is 17.5 Å². The van der Waals surface area contributed by atoms with Crippen LogP contribution in [-0.2, 0) is 17.9 Å². The fourth-order valence-corrected chi connectivity index (χ4v) is 3.29. The van der Waals surface area contributed by atoms with Gasteiger partial charge >= 0.3 is 0 Å². The van der Waals surface area contributed by atoms with Gasteiger partial charge in [-0.2, -0.15) is 0 Å². The average Bonchev–Trinajstić information content (AvgIpc) is 2.72. The summed E-state index contributed by atoms with van der Waals surface area (Å²) >= 11 is 0. The van der Waals surface area contributed by atoms with E-state index >= 15 is 0 Å². The minimum atomic E-state index is -0.302. The highest BCUT2D eigenvalue weighted by Crippen LogP contribution is 2.12. The SMILES string of the molecule is Cc1cccc2c(=O)n(CCC(=O)N(CCN(C)C)Cc3ccc(F)cc3)cnc12. The van der Waals surface area contributed by atoms with E-state index in [-0.39, 0.29) is 30.2 Å². The summed E-state index contributed by atoms with van der Waals surface area (Å²) in [6.45, 7) is 3.84. The molecule has 0 bridgehead atoms. The van der Waals surface area contributed by atoms with Gasteiger partial charge in [0.05, 0.1) is 17.2 Å². The summed E-state index contributed by atoms with van der Waals surface area (Å²) < 4.78 is 14.7. The first kappa shape index (κ1) is 21.6. The van der Waals surface area contributed by atoms with E-state index in [2.05, 4.69) is 4.98 Å². The third kappa shape index (κ3) is 5.30. The van der Waals surface area contributed by atoms with Crippen molar-refractivity contribution in [1.82, 2.24) is 19.4 Å². The Hall–Kier alpha value is -3.06. The van der Waals surface area contributed by atoms with Gasteiger partial charge in [-0.1, -0.05) is 24.3 Å². The third-order valence-electron chi connectivity index (χ3n) is 5.08. The van der Waals surface area contributed by atoms with Gasteiger partial charge in [0.2, 0.25) is 5.91 Å². The van der Waals surface area contributed by atoms with Gasteiger partial charge in [-0.3, -0.25) is 14.2 Å². The Morgan fingerprint density at radius 2 is 1.83 bits per heavy atom. The van der Waals surface area contributed by atoms with Gasteiger partial charge in [0, 0.05) is 32.6 Å². The van der Waals surface area contributed by atoms with Crippen LogP contribution in [0.15, 0.2) is 53.6 Å². The van der Waals surface area contributed by atoms with Crippen LogP contribution in [0.4, 0.5) is 4.39 Å². The molecule has 1 heterocycles. The summed E-state index contributed by atoms with van der Waals surface area (Å²) in [5.74, 6) is -0.360. The number of likely N-dealkylation sites (N-methyl/N-ethyl adjacent to an activating group) is 1. The summed E-state index contributed by atoms with van der Waals surface area (Å²) in [5.41, 5.74) is 2.36. The molecule has 0 aliphatic rings. The number of carbonyl (C=O) groups excluding carboxylic acids is 1. The number of hydrogen-bond donors (Lipinski definition) is 0. The quantitative estimate of drug-likeness (QED) is 0.573. The van der Waals surface area contributed by atoms with E-state index in [9.17, 15) is 14.0 Å². The molecule has 3 aromatic rings. The maximum atomic E-state index is 13.2. The first-order chi connectivity index (χ1) is 14.3. The second kappa shape index (κ2) is 9.63. The molecule has 158 valence electrons. The number of nitrogens with zero attached hydrogens (tertiary/aromatic N) is 4. The lowest BCUT2D eigenvalue weighted by Gasteiger charge is -2.25. The Bertz CT molecular complexity index is 1080. The number of carbonyl (C=O) groups is 1. The van der Waals surface area contributed by atoms with Crippen molar-refractivity contribution in [2.75, 3.05) is 27.2 Å². The molecule has 6 nitrogen and oxygen atoms in total. The molecule has 1 amide bonds. The Balaban J connectivity index is 1.73. The Labute approximate surface area is 175 Å². The van der Waals surface area contributed by atoms with E-state index in [1.165, 1.54) is 23.0 Å². The lowest BCUT2D eigenvalue weighted by atomic mass is 10.1. The van der Waals surface area contributed by atoms with E-state index in [4.69, 9.17) is 0 Å². The molecule has 7 heteroatoms. The molecule has 0 spiro atoms. The van der Waals surface area contributed by atoms with E-state index < -0.39 is 0 Å². The molecule has 0 atom stereocenters. The summed E-state index contributed by atoms with van der Waals surface area (Å²) in [7, 11) is 3.89. The fraction of sp³-hybridized carbons (Fsp3) is 0.348. The van der Waals surface area contributed by atoms with Gasteiger partial charge in [-0.05, 0) is 50.3 Å². The van der Waals surface area contributed by atoms with Crippen molar-refractivity contribution in [3.05, 3.63) is 76.1 Å². The number of rotatable bonds is 8. The smallest absolute Gasteiger partial charge is 0.261 e. The van der Waals surface area contributed by atoms with E-state index in [1.807, 2.05) is 38.1 Å². The average molecular weight is 410 g/mol.